The fraction of sp³-hybridized carbons (Fsp3) is 0.633. The van der Waals surface area contributed by atoms with Crippen molar-refractivity contribution in [3.63, 3.8) is 0 Å². The van der Waals surface area contributed by atoms with E-state index in [-0.39, 0.29) is 24.2 Å². The van der Waals surface area contributed by atoms with Crippen molar-refractivity contribution in [1.82, 2.24) is 24.7 Å². The number of aromatic nitrogens is 2. The zero-order valence-electron chi connectivity index (χ0n) is 22.7. The van der Waals surface area contributed by atoms with Crippen LogP contribution in [0, 0.1) is 17.3 Å². The van der Waals surface area contributed by atoms with Gasteiger partial charge in [0, 0.05) is 57.3 Å². The van der Waals surface area contributed by atoms with Crippen molar-refractivity contribution in [2.75, 3.05) is 50.7 Å². The molecule has 2 aromatic rings. The molecule has 208 valence electrons. The number of piperidine rings is 2. The van der Waals surface area contributed by atoms with Crippen LogP contribution in [0.3, 0.4) is 0 Å². The van der Waals surface area contributed by atoms with Gasteiger partial charge in [-0.15, -0.1) is 0 Å². The molecule has 2 unspecified atom stereocenters. The first kappa shape index (κ1) is 25.1. The van der Waals surface area contributed by atoms with E-state index in [4.69, 9.17) is 0 Å². The molecule has 7 rings (SSSR count). The number of hydrogen-bond acceptors (Lipinski definition) is 6. The van der Waals surface area contributed by atoms with Gasteiger partial charge in [0.15, 0.2) is 0 Å². The molecular weight excluding hydrogens is 492 g/mol. The summed E-state index contributed by atoms with van der Waals surface area (Å²) in [6.07, 6.45) is 7.21. The Kier molecular flexibility index (Phi) is 6.19. The monoisotopic (exact) mass is 532 g/mol. The quantitative estimate of drug-likeness (QED) is 0.629. The molecule has 4 heterocycles. The number of fused-ring (bicyclic) bond motifs is 1. The molecule has 5 fully saturated rings. The van der Waals surface area contributed by atoms with E-state index >= 15 is 0 Å². The van der Waals surface area contributed by atoms with E-state index in [1.165, 1.54) is 6.42 Å². The highest BCUT2D eigenvalue weighted by Crippen LogP contribution is 2.52. The van der Waals surface area contributed by atoms with E-state index in [1.54, 1.807) is 17.0 Å². The predicted molar refractivity (Wildman–Crippen MR) is 149 cm³/mol. The summed E-state index contributed by atoms with van der Waals surface area (Å²) in [5.41, 5.74) is -0.424. The Balaban J connectivity index is 1.09. The van der Waals surface area contributed by atoms with Crippen LogP contribution >= 0.6 is 0 Å². The van der Waals surface area contributed by atoms with Gasteiger partial charge >= 0.3 is 6.03 Å². The summed E-state index contributed by atoms with van der Waals surface area (Å²) in [7, 11) is 0. The van der Waals surface area contributed by atoms with Crippen LogP contribution in [0.2, 0.25) is 0 Å². The van der Waals surface area contributed by atoms with Crippen molar-refractivity contribution in [1.29, 1.82) is 0 Å². The molecule has 3 aliphatic heterocycles. The van der Waals surface area contributed by atoms with Gasteiger partial charge in [-0.2, -0.15) is 0 Å². The van der Waals surface area contributed by atoms with Gasteiger partial charge in [-0.05, 0) is 43.1 Å². The van der Waals surface area contributed by atoms with Gasteiger partial charge < -0.3 is 25.1 Å². The van der Waals surface area contributed by atoms with Crippen molar-refractivity contribution in [3.05, 3.63) is 58.6 Å². The van der Waals surface area contributed by atoms with E-state index < -0.39 is 11.0 Å². The first-order chi connectivity index (χ1) is 18.9. The molecule has 2 aliphatic carbocycles. The van der Waals surface area contributed by atoms with E-state index in [0.717, 1.165) is 75.1 Å². The molecular formula is C30H40N6O3. The molecule has 3 saturated heterocycles. The minimum Gasteiger partial charge on any atom is -0.387 e. The third kappa shape index (κ3) is 4.43. The second-order valence-electron chi connectivity index (χ2n) is 12.7. The van der Waals surface area contributed by atoms with Gasteiger partial charge in [0.1, 0.15) is 5.82 Å². The van der Waals surface area contributed by atoms with Crippen LogP contribution in [0.25, 0.3) is 0 Å². The highest BCUT2D eigenvalue weighted by Gasteiger charge is 2.56. The Morgan fingerprint density at radius 1 is 1.08 bits per heavy atom. The Bertz CT molecular complexity index is 1270. The van der Waals surface area contributed by atoms with Crippen molar-refractivity contribution in [2.24, 2.45) is 17.3 Å². The lowest BCUT2D eigenvalue weighted by Crippen LogP contribution is -2.64. The number of likely N-dealkylation sites (tertiary alicyclic amines) is 1. The summed E-state index contributed by atoms with van der Waals surface area (Å²) in [6, 6.07) is 11.9. The molecule has 4 atom stereocenters. The van der Waals surface area contributed by atoms with Gasteiger partial charge in [-0.1, -0.05) is 43.2 Å². The van der Waals surface area contributed by atoms with E-state index in [0.29, 0.717) is 26.1 Å². The summed E-state index contributed by atoms with van der Waals surface area (Å²) in [4.78, 5) is 38.0. The average molecular weight is 533 g/mol. The number of rotatable bonds is 4. The summed E-state index contributed by atoms with van der Waals surface area (Å²) < 4.78 is 1.60. The van der Waals surface area contributed by atoms with E-state index in [9.17, 15) is 14.7 Å². The van der Waals surface area contributed by atoms with Crippen LogP contribution in [-0.2, 0) is 6.54 Å². The molecule has 1 spiro atoms. The molecule has 1 aromatic heterocycles. The molecule has 2 amide bonds. The number of nitrogens with one attached hydrogen (secondary N) is 1. The molecule has 9 heteroatoms. The van der Waals surface area contributed by atoms with Gasteiger partial charge in [-0.25, -0.2) is 9.78 Å². The Hall–Kier alpha value is -2.91. The number of benzene rings is 1. The summed E-state index contributed by atoms with van der Waals surface area (Å²) in [5.74, 6) is 2.30. The summed E-state index contributed by atoms with van der Waals surface area (Å²) >= 11 is 0. The first-order valence-corrected chi connectivity index (χ1v) is 14.8. The molecule has 5 aliphatic rings. The number of nitrogens with zero attached hydrogens (tertiary/aromatic N) is 5. The minimum atomic E-state index is -1.05. The second kappa shape index (κ2) is 9.63. The number of carbonyl (C=O) groups excluding carboxylic acids is 1. The van der Waals surface area contributed by atoms with Crippen molar-refractivity contribution >= 4 is 11.8 Å². The van der Waals surface area contributed by atoms with Crippen LogP contribution in [0.1, 0.15) is 50.1 Å². The zero-order chi connectivity index (χ0) is 26.6. The van der Waals surface area contributed by atoms with Gasteiger partial charge in [0.25, 0.3) is 5.56 Å². The van der Waals surface area contributed by atoms with Crippen LogP contribution in [-0.4, -0.2) is 81.9 Å². The average Bonchev–Trinajstić information content (AvgIpc) is 3.31. The standard InChI is InChI=1S/C30H40N6O3/c37-27-15-26(34-17-23-14-24(23)18-34)32-21-35(27)20-30(39)10-12-33(19-29(30)8-4-5-9-29)28(38)36-13-11-31-16-25(36)22-6-2-1-3-7-22/h1-3,6-7,15,21,23-25,31,39H,4-5,8-14,16-20H2/t23?,24?,25-,30+/m0/s1. The van der Waals surface area contributed by atoms with Crippen molar-refractivity contribution in [2.45, 2.75) is 56.7 Å². The maximum Gasteiger partial charge on any atom is 0.320 e. The lowest BCUT2D eigenvalue weighted by atomic mass is 9.66. The fourth-order valence-electron chi connectivity index (χ4n) is 7.92. The molecule has 9 nitrogen and oxygen atoms in total. The number of piperazine rings is 1. The molecule has 39 heavy (non-hydrogen) atoms. The molecule has 0 bridgehead atoms. The van der Waals surface area contributed by atoms with E-state index in [1.807, 2.05) is 28.0 Å². The number of anilines is 1. The highest BCUT2D eigenvalue weighted by atomic mass is 16.3. The third-order valence-corrected chi connectivity index (χ3v) is 10.4. The van der Waals surface area contributed by atoms with Crippen molar-refractivity contribution < 1.29 is 9.90 Å². The van der Waals surface area contributed by atoms with Gasteiger partial charge in [0.05, 0.1) is 24.5 Å². The second-order valence-corrected chi connectivity index (χ2v) is 12.7. The number of aliphatic hydroxyl groups is 1. The maximum atomic E-state index is 14.0. The normalized spacial score (nSPS) is 31.5. The molecule has 1 aromatic carbocycles. The number of hydrogen-bond donors (Lipinski definition) is 2. The highest BCUT2D eigenvalue weighted by molar-refractivity contribution is 5.75. The predicted octanol–water partition coefficient (Wildman–Crippen LogP) is 2.46. The van der Waals surface area contributed by atoms with Crippen LogP contribution in [0.4, 0.5) is 10.6 Å². The lowest BCUT2D eigenvalue weighted by molar-refractivity contribution is -0.137. The largest absolute Gasteiger partial charge is 0.387 e. The Morgan fingerprint density at radius 2 is 1.85 bits per heavy atom. The van der Waals surface area contributed by atoms with E-state index in [2.05, 4.69) is 27.3 Å². The fourth-order valence-corrected chi connectivity index (χ4v) is 7.92. The zero-order valence-corrected chi connectivity index (χ0v) is 22.7. The Labute approximate surface area is 229 Å². The molecule has 0 radical (unpaired) electrons. The molecule has 2 N–H and O–H groups in total. The lowest BCUT2D eigenvalue weighted by Gasteiger charge is -2.53. The summed E-state index contributed by atoms with van der Waals surface area (Å²) in [6.45, 7) is 5.42. The summed E-state index contributed by atoms with van der Waals surface area (Å²) in [5, 5.41) is 15.6. The van der Waals surface area contributed by atoms with Crippen molar-refractivity contribution in [3.8, 4) is 0 Å². The smallest absolute Gasteiger partial charge is 0.320 e. The maximum absolute atomic E-state index is 14.0. The van der Waals surface area contributed by atoms with Gasteiger partial charge in [0.2, 0.25) is 0 Å². The number of amides is 2. The SMILES string of the molecule is O=C(N1CC[C@@](O)(Cn2cnc(N3CC4CC4C3)cc2=O)C2(CCCC2)C1)N1CCNC[C@H]1c1ccccc1. The third-order valence-electron chi connectivity index (χ3n) is 10.4. The van der Waals surface area contributed by atoms with Crippen LogP contribution in [0.5, 0.6) is 0 Å². The topological polar surface area (TPSA) is 93.9 Å². The van der Waals surface area contributed by atoms with Crippen LogP contribution < -0.4 is 15.8 Å². The number of urea groups is 1. The number of carbonyl (C=O) groups is 1. The first-order valence-electron chi connectivity index (χ1n) is 14.8. The minimum absolute atomic E-state index is 0.00235. The van der Waals surface area contributed by atoms with Crippen LogP contribution in [0.15, 0.2) is 47.5 Å². The Morgan fingerprint density at radius 3 is 2.59 bits per heavy atom. The van der Waals surface area contributed by atoms with Gasteiger partial charge in [-0.3, -0.25) is 9.36 Å². The molecule has 2 saturated carbocycles.